The molecule has 1 aliphatic heterocycles. The first-order chi connectivity index (χ1) is 15.9. The van der Waals surface area contributed by atoms with Gasteiger partial charge in [0.2, 0.25) is 0 Å². The van der Waals surface area contributed by atoms with Crippen LogP contribution in [0, 0.1) is 17.0 Å². The molecule has 9 nitrogen and oxygen atoms in total. The summed E-state index contributed by atoms with van der Waals surface area (Å²) in [5.74, 6) is 1.22. The van der Waals surface area contributed by atoms with E-state index in [1.54, 1.807) is 26.4 Å². The minimum atomic E-state index is -0.409. The largest absolute Gasteiger partial charge is 0.493 e. The van der Waals surface area contributed by atoms with Crippen molar-refractivity contribution in [3.63, 3.8) is 0 Å². The number of non-ortho nitro benzene ring substituents is 1. The van der Waals surface area contributed by atoms with Crippen LogP contribution in [-0.2, 0) is 0 Å². The molecule has 0 radical (unpaired) electrons. The van der Waals surface area contributed by atoms with Crippen molar-refractivity contribution >= 4 is 28.6 Å². The molecule has 4 rings (SSSR count). The predicted octanol–water partition coefficient (Wildman–Crippen LogP) is 4.01. The normalized spacial score (nSPS) is 13.7. The first kappa shape index (κ1) is 22.5. The van der Waals surface area contributed by atoms with E-state index in [4.69, 9.17) is 9.47 Å². The maximum atomic E-state index is 13.2. The van der Waals surface area contributed by atoms with E-state index in [1.807, 2.05) is 30.0 Å². The van der Waals surface area contributed by atoms with Gasteiger partial charge < -0.3 is 19.3 Å². The van der Waals surface area contributed by atoms with Crippen molar-refractivity contribution in [3.05, 3.63) is 63.1 Å². The number of amides is 1. The van der Waals surface area contributed by atoms with Crippen molar-refractivity contribution in [1.29, 1.82) is 0 Å². The number of aromatic nitrogens is 1. The number of methoxy groups -OCH3 is 2. The summed E-state index contributed by atoms with van der Waals surface area (Å²) in [6.45, 7) is 4.30. The molecule has 2 heterocycles. The number of ether oxygens (including phenoxy) is 2. The van der Waals surface area contributed by atoms with Gasteiger partial charge >= 0.3 is 0 Å². The third-order valence-electron chi connectivity index (χ3n) is 5.61. The van der Waals surface area contributed by atoms with Gasteiger partial charge in [0, 0.05) is 49.6 Å². The van der Waals surface area contributed by atoms with Crippen LogP contribution in [-0.4, -0.2) is 61.1 Å². The average Bonchev–Trinajstić information content (AvgIpc) is 3.24. The Bertz CT molecular complexity index is 1170. The molecule has 10 heteroatoms. The van der Waals surface area contributed by atoms with E-state index in [2.05, 4.69) is 9.88 Å². The molecule has 1 fully saturated rings. The molecule has 0 N–H and O–H groups in total. The molecule has 172 valence electrons. The fraction of sp³-hybridized carbons (Fsp3) is 0.304. The molecule has 0 aliphatic carbocycles. The highest BCUT2D eigenvalue weighted by molar-refractivity contribution is 7.17. The van der Waals surface area contributed by atoms with Crippen LogP contribution in [0.1, 0.15) is 15.4 Å². The van der Waals surface area contributed by atoms with Gasteiger partial charge in [0.15, 0.2) is 11.5 Å². The van der Waals surface area contributed by atoms with Crippen LogP contribution in [0.3, 0.4) is 0 Å². The third-order valence-corrected chi connectivity index (χ3v) is 6.81. The van der Waals surface area contributed by atoms with E-state index in [0.717, 1.165) is 16.3 Å². The molecular formula is C23H24N4O5S. The summed E-state index contributed by atoms with van der Waals surface area (Å²) in [7, 11) is 3.17. The summed E-state index contributed by atoms with van der Waals surface area (Å²) in [5, 5.41) is 11.6. The maximum absolute atomic E-state index is 13.2. The monoisotopic (exact) mass is 468 g/mol. The highest BCUT2D eigenvalue weighted by atomic mass is 32.1. The molecule has 1 aromatic heterocycles. The summed E-state index contributed by atoms with van der Waals surface area (Å²) in [6, 6.07) is 12.1. The van der Waals surface area contributed by atoms with Gasteiger partial charge in [-0.05, 0) is 37.3 Å². The number of carbonyl (C=O) groups is 1. The highest BCUT2D eigenvalue weighted by Crippen LogP contribution is 2.35. The molecule has 2 aromatic carbocycles. The third kappa shape index (κ3) is 4.61. The molecule has 3 aromatic rings. The molecule has 0 bridgehead atoms. The van der Waals surface area contributed by atoms with Crippen molar-refractivity contribution in [2.45, 2.75) is 6.92 Å². The number of aryl methyl sites for hydroxylation is 1. The van der Waals surface area contributed by atoms with E-state index in [9.17, 15) is 14.9 Å². The van der Waals surface area contributed by atoms with E-state index in [-0.39, 0.29) is 11.6 Å². The average molecular weight is 469 g/mol. The number of nitrogens with zero attached hydrogens (tertiary/aromatic N) is 4. The quantitative estimate of drug-likeness (QED) is 0.398. The SMILES string of the molecule is COc1ccc(-c2nc(C)c(C(=O)N3CCN(c4ccc([N+](=O)[O-])cc4)CC3)s2)cc1OC. The van der Waals surface area contributed by atoms with Gasteiger partial charge in [-0.2, -0.15) is 0 Å². The summed E-state index contributed by atoms with van der Waals surface area (Å²) >= 11 is 1.37. The number of rotatable bonds is 6. The van der Waals surface area contributed by atoms with Gasteiger partial charge in [-0.1, -0.05) is 0 Å². The Morgan fingerprint density at radius 3 is 2.30 bits per heavy atom. The molecule has 0 spiro atoms. The van der Waals surface area contributed by atoms with Crippen molar-refractivity contribution < 1.29 is 19.2 Å². The summed E-state index contributed by atoms with van der Waals surface area (Å²) < 4.78 is 10.7. The number of nitro benzene ring substituents is 1. The standard InChI is InChI=1S/C23H24N4O5S/c1-15-21(33-22(24-15)16-4-9-19(31-2)20(14-16)32-3)23(28)26-12-10-25(11-13-26)17-5-7-18(8-6-17)27(29)30/h4-9,14H,10-13H2,1-3H3. The van der Waals surface area contributed by atoms with Crippen molar-refractivity contribution in [2.75, 3.05) is 45.3 Å². The molecule has 0 saturated carbocycles. The Hall–Kier alpha value is -3.66. The zero-order valence-corrected chi connectivity index (χ0v) is 19.4. The molecule has 33 heavy (non-hydrogen) atoms. The second-order valence-electron chi connectivity index (χ2n) is 7.56. The lowest BCUT2D eigenvalue weighted by Gasteiger charge is -2.36. The summed E-state index contributed by atoms with van der Waals surface area (Å²) in [4.78, 5) is 32.9. The number of nitro groups is 1. The minimum Gasteiger partial charge on any atom is -0.493 e. The molecule has 1 amide bonds. The smallest absolute Gasteiger partial charge is 0.269 e. The lowest BCUT2D eigenvalue weighted by molar-refractivity contribution is -0.384. The van der Waals surface area contributed by atoms with Crippen LogP contribution < -0.4 is 14.4 Å². The molecule has 0 unspecified atom stereocenters. The Kier molecular flexibility index (Phi) is 6.45. The molecule has 1 aliphatic rings. The molecular weight excluding hydrogens is 444 g/mol. The Balaban J connectivity index is 1.45. The number of benzene rings is 2. The zero-order chi connectivity index (χ0) is 23.5. The first-order valence-corrected chi connectivity index (χ1v) is 11.2. The first-order valence-electron chi connectivity index (χ1n) is 10.4. The van der Waals surface area contributed by atoms with E-state index in [0.29, 0.717) is 48.2 Å². The fourth-order valence-corrected chi connectivity index (χ4v) is 4.81. The minimum absolute atomic E-state index is 0.0277. The van der Waals surface area contributed by atoms with Gasteiger partial charge in [-0.3, -0.25) is 14.9 Å². The number of piperazine rings is 1. The zero-order valence-electron chi connectivity index (χ0n) is 18.6. The Labute approximate surface area is 195 Å². The van der Waals surface area contributed by atoms with E-state index in [1.165, 1.54) is 23.5 Å². The number of thiazole rings is 1. The second kappa shape index (κ2) is 9.45. The van der Waals surface area contributed by atoms with Gasteiger partial charge in [0.25, 0.3) is 11.6 Å². The predicted molar refractivity (Wildman–Crippen MR) is 127 cm³/mol. The maximum Gasteiger partial charge on any atom is 0.269 e. The van der Waals surface area contributed by atoms with Gasteiger partial charge in [-0.25, -0.2) is 4.98 Å². The van der Waals surface area contributed by atoms with Crippen molar-refractivity contribution in [2.24, 2.45) is 0 Å². The number of hydrogen-bond donors (Lipinski definition) is 0. The summed E-state index contributed by atoms with van der Waals surface area (Å²) in [6.07, 6.45) is 0. The van der Waals surface area contributed by atoms with Crippen LogP contribution in [0.25, 0.3) is 10.6 Å². The van der Waals surface area contributed by atoms with Gasteiger partial charge in [0.05, 0.1) is 24.8 Å². The lowest BCUT2D eigenvalue weighted by atomic mass is 10.2. The van der Waals surface area contributed by atoms with Crippen molar-refractivity contribution in [1.82, 2.24) is 9.88 Å². The number of anilines is 1. The van der Waals surface area contributed by atoms with Crippen LogP contribution in [0.2, 0.25) is 0 Å². The van der Waals surface area contributed by atoms with E-state index >= 15 is 0 Å². The number of carbonyl (C=O) groups excluding carboxylic acids is 1. The summed E-state index contributed by atoms with van der Waals surface area (Å²) in [5.41, 5.74) is 2.55. The van der Waals surface area contributed by atoms with Crippen LogP contribution >= 0.6 is 11.3 Å². The highest BCUT2D eigenvalue weighted by Gasteiger charge is 2.26. The lowest BCUT2D eigenvalue weighted by Crippen LogP contribution is -2.48. The Morgan fingerprint density at radius 2 is 1.70 bits per heavy atom. The van der Waals surface area contributed by atoms with Crippen LogP contribution in [0.15, 0.2) is 42.5 Å². The number of hydrogen-bond acceptors (Lipinski definition) is 8. The molecule has 1 saturated heterocycles. The van der Waals surface area contributed by atoms with Crippen LogP contribution in [0.5, 0.6) is 11.5 Å². The van der Waals surface area contributed by atoms with Crippen LogP contribution in [0.4, 0.5) is 11.4 Å². The fourth-order valence-electron chi connectivity index (χ4n) is 3.78. The molecule has 0 atom stereocenters. The topological polar surface area (TPSA) is 98.0 Å². The van der Waals surface area contributed by atoms with Crippen molar-refractivity contribution in [3.8, 4) is 22.1 Å². The van der Waals surface area contributed by atoms with E-state index < -0.39 is 4.92 Å². The van der Waals surface area contributed by atoms with Gasteiger partial charge in [-0.15, -0.1) is 11.3 Å². The Morgan fingerprint density at radius 1 is 1.03 bits per heavy atom. The van der Waals surface area contributed by atoms with Gasteiger partial charge in [0.1, 0.15) is 9.88 Å². The second-order valence-corrected chi connectivity index (χ2v) is 8.56.